The van der Waals surface area contributed by atoms with Crippen LogP contribution < -0.4 is 10.2 Å². The molecule has 1 aliphatic rings. The second-order valence-corrected chi connectivity index (χ2v) is 7.34. The van der Waals surface area contributed by atoms with Gasteiger partial charge in [0.05, 0.1) is 28.7 Å². The molecule has 4 nitrogen and oxygen atoms in total. The second kappa shape index (κ2) is 5.37. The Morgan fingerprint density at radius 2 is 1.77 bits per heavy atom. The van der Waals surface area contributed by atoms with Gasteiger partial charge in [0, 0.05) is 6.20 Å². The van der Waals surface area contributed by atoms with Crippen molar-refractivity contribution in [1.29, 1.82) is 0 Å². The molecule has 0 bridgehead atoms. The third-order valence-electron chi connectivity index (χ3n) is 4.41. The Bertz CT molecular complexity index is 654. The zero-order chi connectivity index (χ0) is 16.0. The quantitative estimate of drug-likeness (QED) is 0.816. The van der Waals surface area contributed by atoms with Gasteiger partial charge in [-0.15, -0.1) is 11.3 Å². The van der Waals surface area contributed by atoms with Crippen molar-refractivity contribution < 1.29 is 14.0 Å². The van der Waals surface area contributed by atoms with E-state index in [-0.39, 0.29) is 11.2 Å². The van der Waals surface area contributed by atoms with E-state index < -0.39 is 7.12 Å². The topological polar surface area (TPSA) is 40.6 Å². The normalized spacial score (nSPS) is 19.4. The van der Waals surface area contributed by atoms with Crippen LogP contribution in [0.25, 0.3) is 10.4 Å². The Labute approximate surface area is 135 Å². The van der Waals surface area contributed by atoms with Crippen LogP contribution in [0.15, 0.2) is 29.9 Å². The Kier molecular flexibility index (Phi) is 3.79. The Hall–Kier alpha value is -1.37. The second-order valence-electron chi connectivity index (χ2n) is 6.45. The summed E-state index contributed by atoms with van der Waals surface area (Å²) in [5.74, 6) is 0.788. The van der Waals surface area contributed by atoms with Gasteiger partial charge in [0.15, 0.2) is 0 Å². The fourth-order valence-electron chi connectivity index (χ4n) is 2.36. The maximum absolute atomic E-state index is 6.13. The lowest BCUT2D eigenvalue weighted by Crippen LogP contribution is -2.41. The van der Waals surface area contributed by atoms with Gasteiger partial charge in [-0.3, -0.25) is 4.98 Å². The van der Waals surface area contributed by atoms with Crippen LogP contribution in [-0.4, -0.2) is 30.4 Å². The summed E-state index contributed by atoms with van der Waals surface area (Å²) in [5, 5.41) is 0. The Balaban J connectivity index is 2.00. The number of thiazole rings is 1. The monoisotopic (exact) mass is 317 g/mol. The van der Waals surface area contributed by atoms with Crippen LogP contribution in [-0.2, 0) is 9.31 Å². The average molecular weight is 317 g/mol. The standard InChI is InChI=1S/C16H20BNO3S/c1-15(2)16(3,4)21-17(20-15)12-6-11(7-13(8-12)19-5)14-9-18-10-22-14/h6-10H,1-5H3. The molecular weight excluding hydrogens is 297 g/mol. The smallest absolute Gasteiger partial charge is 0.494 e. The molecule has 0 unspecified atom stereocenters. The summed E-state index contributed by atoms with van der Waals surface area (Å²) in [7, 11) is 1.27. The van der Waals surface area contributed by atoms with Gasteiger partial charge in [-0.05, 0) is 50.9 Å². The third-order valence-corrected chi connectivity index (χ3v) is 5.23. The molecule has 2 aromatic rings. The summed E-state index contributed by atoms with van der Waals surface area (Å²) in [6.45, 7) is 8.21. The minimum atomic E-state index is -0.397. The van der Waals surface area contributed by atoms with Crippen molar-refractivity contribution in [3.05, 3.63) is 29.9 Å². The van der Waals surface area contributed by atoms with E-state index in [0.717, 1.165) is 21.7 Å². The molecule has 22 heavy (non-hydrogen) atoms. The highest BCUT2D eigenvalue weighted by Gasteiger charge is 2.51. The molecule has 2 heterocycles. The minimum absolute atomic E-state index is 0.356. The number of rotatable bonds is 3. The largest absolute Gasteiger partial charge is 0.497 e. The van der Waals surface area contributed by atoms with Crippen molar-refractivity contribution >= 4 is 23.9 Å². The van der Waals surface area contributed by atoms with Gasteiger partial charge >= 0.3 is 7.12 Å². The zero-order valence-corrected chi connectivity index (χ0v) is 14.4. The van der Waals surface area contributed by atoms with Crippen molar-refractivity contribution in [2.75, 3.05) is 7.11 Å². The third kappa shape index (κ3) is 2.66. The van der Waals surface area contributed by atoms with Gasteiger partial charge in [0.1, 0.15) is 5.75 Å². The van der Waals surface area contributed by atoms with Gasteiger partial charge in [0.2, 0.25) is 0 Å². The van der Waals surface area contributed by atoms with Gasteiger partial charge in [-0.1, -0.05) is 6.07 Å². The molecule has 1 saturated heterocycles. The van der Waals surface area contributed by atoms with Crippen molar-refractivity contribution in [1.82, 2.24) is 4.98 Å². The summed E-state index contributed by atoms with van der Waals surface area (Å²) >= 11 is 1.60. The average Bonchev–Trinajstić information content (AvgIpc) is 3.05. The molecule has 6 heteroatoms. The van der Waals surface area contributed by atoms with E-state index >= 15 is 0 Å². The molecule has 0 spiro atoms. The minimum Gasteiger partial charge on any atom is -0.497 e. The lowest BCUT2D eigenvalue weighted by molar-refractivity contribution is 0.00578. The van der Waals surface area contributed by atoms with E-state index in [9.17, 15) is 0 Å². The molecule has 116 valence electrons. The molecule has 3 rings (SSSR count). The van der Waals surface area contributed by atoms with E-state index in [1.54, 1.807) is 18.4 Å². The first kappa shape index (κ1) is 15.5. The number of nitrogens with zero attached hydrogens (tertiary/aromatic N) is 1. The van der Waals surface area contributed by atoms with Crippen LogP contribution in [0, 0.1) is 0 Å². The summed E-state index contributed by atoms with van der Waals surface area (Å²) in [5.41, 5.74) is 3.13. The van der Waals surface area contributed by atoms with Crippen LogP contribution in [0.1, 0.15) is 27.7 Å². The summed E-state index contributed by atoms with van der Waals surface area (Å²) in [4.78, 5) is 5.24. The highest BCUT2D eigenvalue weighted by atomic mass is 32.1. The number of methoxy groups -OCH3 is 1. The van der Waals surface area contributed by atoms with E-state index in [1.165, 1.54) is 0 Å². The molecule has 1 aromatic heterocycles. The molecule has 1 aliphatic heterocycles. The molecule has 0 radical (unpaired) electrons. The molecule has 1 aromatic carbocycles. The Morgan fingerprint density at radius 1 is 1.09 bits per heavy atom. The van der Waals surface area contributed by atoms with E-state index in [4.69, 9.17) is 14.0 Å². The van der Waals surface area contributed by atoms with Crippen LogP contribution in [0.3, 0.4) is 0 Å². The van der Waals surface area contributed by atoms with Crippen LogP contribution in [0.4, 0.5) is 0 Å². The van der Waals surface area contributed by atoms with Crippen molar-refractivity contribution in [2.24, 2.45) is 0 Å². The summed E-state index contributed by atoms with van der Waals surface area (Å²) in [6.07, 6.45) is 1.85. The van der Waals surface area contributed by atoms with E-state index in [2.05, 4.69) is 38.7 Å². The van der Waals surface area contributed by atoms with E-state index in [0.29, 0.717) is 0 Å². The molecule has 0 amide bonds. The predicted octanol–water partition coefficient (Wildman–Crippen LogP) is 3.12. The molecule has 1 fully saturated rings. The number of hydrogen-bond acceptors (Lipinski definition) is 5. The van der Waals surface area contributed by atoms with Crippen molar-refractivity contribution in [3.8, 4) is 16.2 Å². The maximum atomic E-state index is 6.13. The SMILES string of the molecule is COc1cc(B2OC(C)(C)C(C)(C)O2)cc(-c2cncs2)c1. The van der Waals surface area contributed by atoms with Gasteiger partial charge in [-0.25, -0.2) is 0 Å². The molecule has 0 saturated carbocycles. The highest BCUT2D eigenvalue weighted by Crippen LogP contribution is 2.37. The number of benzene rings is 1. The highest BCUT2D eigenvalue weighted by molar-refractivity contribution is 7.13. The summed E-state index contributed by atoms with van der Waals surface area (Å²) < 4.78 is 17.7. The number of aromatic nitrogens is 1. The molecule has 0 atom stereocenters. The van der Waals surface area contributed by atoms with Gasteiger partial charge in [0.25, 0.3) is 0 Å². The molecule has 0 aliphatic carbocycles. The fourth-order valence-corrected chi connectivity index (χ4v) is 2.97. The Morgan fingerprint density at radius 3 is 2.32 bits per heavy atom. The van der Waals surface area contributed by atoms with Crippen molar-refractivity contribution in [3.63, 3.8) is 0 Å². The lowest BCUT2D eigenvalue weighted by atomic mass is 9.78. The lowest BCUT2D eigenvalue weighted by Gasteiger charge is -2.32. The predicted molar refractivity (Wildman–Crippen MR) is 89.8 cm³/mol. The van der Waals surface area contributed by atoms with Crippen LogP contribution in [0.2, 0.25) is 0 Å². The van der Waals surface area contributed by atoms with E-state index in [1.807, 2.05) is 23.8 Å². The van der Waals surface area contributed by atoms with Crippen LogP contribution in [0.5, 0.6) is 5.75 Å². The molecule has 0 N–H and O–H groups in total. The molecular formula is C16H20BNO3S. The van der Waals surface area contributed by atoms with Crippen molar-refractivity contribution in [2.45, 2.75) is 38.9 Å². The number of ether oxygens (including phenoxy) is 1. The van der Waals surface area contributed by atoms with Gasteiger partial charge < -0.3 is 14.0 Å². The van der Waals surface area contributed by atoms with Crippen LogP contribution >= 0.6 is 11.3 Å². The number of hydrogen-bond donors (Lipinski definition) is 0. The first-order valence-corrected chi connectivity index (χ1v) is 8.14. The van der Waals surface area contributed by atoms with Gasteiger partial charge in [-0.2, -0.15) is 0 Å². The zero-order valence-electron chi connectivity index (χ0n) is 13.5. The first-order chi connectivity index (χ1) is 10.3. The first-order valence-electron chi connectivity index (χ1n) is 7.26. The maximum Gasteiger partial charge on any atom is 0.494 e. The summed E-state index contributed by atoms with van der Waals surface area (Å²) in [6, 6.07) is 6.05. The fraction of sp³-hybridized carbons (Fsp3) is 0.438.